The van der Waals surface area contributed by atoms with E-state index in [9.17, 15) is 0 Å². The number of nitrogens with zero attached hydrogens (tertiary/aromatic N) is 1. The van der Waals surface area contributed by atoms with E-state index in [1.165, 1.54) is 51.7 Å². The Morgan fingerprint density at radius 3 is 2.75 bits per heavy atom. The largest absolute Gasteiger partial charge is 0.314 e. The highest BCUT2D eigenvalue weighted by molar-refractivity contribution is 5.32. The average Bonchev–Trinajstić information content (AvgIpc) is 2.50. The van der Waals surface area contributed by atoms with Crippen molar-refractivity contribution in [2.75, 3.05) is 26.2 Å². The Morgan fingerprint density at radius 2 is 1.95 bits per heavy atom. The first-order chi connectivity index (χ1) is 9.86. The predicted octanol–water partition coefficient (Wildman–Crippen LogP) is 3.18. The number of hydrogen-bond donors (Lipinski definition) is 1. The fourth-order valence-corrected chi connectivity index (χ4v) is 3.96. The summed E-state index contributed by atoms with van der Waals surface area (Å²) in [7, 11) is 0. The number of rotatable bonds is 4. The molecule has 1 aromatic rings. The molecule has 1 aromatic carbocycles. The molecule has 2 heteroatoms. The molecular weight excluding hydrogens is 244 g/mol. The molecule has 1 aliphatic carbocycles. The highest BCUT2D eigenvalue weighted by atomic mass is 15.1. The van der Waals surface area contributed by atoms with Gasteiger partial charge in [0.25, 0.3) is 0 Å². The first kappa shape index (κ1) is 14.1. The van der Waals surface area contributed by atoms with Crippen LogP contribution in [0.15, 0.2) is 24.3 Å². The zero-order chi connectivity index (χ0) is 13.8. The first-order valence-corrected chi connectivity index (χ1v) is 8.40. The predicted molar refractivity (Wildman–Crippen MR) is 85.3 cm³/mol. The zero-order valence-electron chi connectivity index (χ0n) is 12.8. The molecule has 1 unspecified atom stereocenters. The maximum atomic E-state index is 3.60. The van der Waals surface area contributed by atoms with Crippen molar-refractivity contribution in [2.45, 2.75) is 51.0 Å². The SMILES string of the molecule is CCNC1CCN(CC2CCCc3ccccc32)CC1. The van der Waals surface area contributed by atoms with Crippen molar-refractivity contribution < 1.29 is 0 Å². The lowest BCUT2D eigenvalue weighted by Crippen LogP contribution is -2.43. The normalized spacial score (nSPS) is 24.6. The summed E-state index contributed by atoms with van der Waals surface area (Å²) in [5, 5.41) is 3.60. The van der Waals surface area contributed by atoms with Crippen LogP contribution in [0, 0.1) is 0 Å². The van der Waals surface area contributed by atoms with Crippen LogP contribution < -0.4 is 5.32 Å². The Hall–Kier alpha value is -0.860. The second-order valence-electron chi connectivity index (χ2n) is 6.42. The maximum absolute atomic E-state index is 3.60. The van der Waals surface area contributed by atoms with Crippen LogP contribution in [-0.4, -0.2) is 37.1 Å². The van der Waals surface area contributed by atoms with Gasteiger partial charge in [-0.05, 0) is 68.8 Å². The summed E-state index contributed by atoms with van der Waals surface area (Å²) in [5.74, 6) is 0.774. The molecule has 0 aromatic heterocycles. The molecule has 0 spiro atoms. The van der Waals surface area contributed by atoms with Gasteiger partial charge in [0.1, 0.15) is 0 Å². The summed E-state index contributed by atoms with van der Waals surface area (Å²) in [5.41, 5.74) is 3.24. The van der Waals surface area contributed by atoms with Crippen LogP contribution in [0.5, 0.6) is 0 Å². The molecule has 2 nitrogen and oxygen atoms in total. The highest BCUT2D eigenvalue weighted by Crippen LogP contribution is 2.32. The Morgan fingerprint density at radius 1 is 1.15 bits per heavy atom. The van der Waals surface area contributed by atoms with E-state index >= 15 is 0 Å². The van der Waals surface area contributed by atoms with Crippen molar-refractivity contribution in [1.29, 1.82) is 0 Å². The second kappa shape index (κ2) is 6.73. The summed E-state index contributed by atoms with van der Waals surface area (Å²) >= 11 is 0. The van der Waals surface area contributed by atoms with Gasteiger partial charge >= 0.3 is 0 Å². The van der Waals surface area contributed by atoms with Crippen molar-refractivity contribution in [1.82, 2.24) is 10.2 Å². The number of hydrogen-bond acceptors (Lipinski definition) is 2. The van der Waals surface area contributed by atoms with Gasteiger partial charge < -0.3 is 10.2 Å². The molecule has 110 valence electrons. The molecule has 20 heavy (non-hydrogen) atoms. The summed E-state index contributed by atoms with van der Waals surface area (Å²) in [6.45, 7) is 7.15. The number of benzene rings is 1. The van der Waals surface area contributed by atoms with E-state index in [1.807, 2.05) is 0 Å². The van der Waals surface area contributed by atoms with Crippen molar-refractivity contribution in [3.8, 4) is 0 Å². The number of piperidine rings is 1. The van der Waals surface area contributed by atoms with Crippen LogP contribution in [0.3, 0.4) is 0 Å². The summed E-state index contributed by atoms with van der Waals surface area (Å²) in [4.78, 5) is 2.70. The fraction of sp³-hybridized carbons (Fsp3) is 0.667. The standard InChI is InChI=1S/C18H28N2/c1-2-19-17-10-12-20(13-11-17)14-16-8-5-7-15-6-3-4-9-18(15)16/h3-4,6,9,16-17,19H,2,5,7-8,10-14H2,1H3. The molecule has 0 amide bonds. The third-order valence-electron chi connectivity index (χ3n) is 5.05. The Labute approximate surface area is 123 Å². The molecule has 2 aliphatic rings. The van der Waals surface area contributed by atoms with Crippen LogP contribution in [0.25, 0.3) is 0 Å². The Bertz CT molecular complexity index is 421. The lowest BCUT2D eigenvalue weighted by molar-refractivity contribution is 0.184. The molecule has 1 fully saturated rings. The Balaban J connectivity index is 1.57. The molecular formula is C18H28N2. The fourth-order valence-electron chi connectivity index (χ4n) is 3.96. The van der Waals surface area contributed by atoms with Crippen molar-refractivity contribution >= 4 is 0 Å². The minimum absolute atomic E-state index is 0.759. The van der Waals surface area contributed by atoms with E-state index in [0.717, 1.165) is 18.5 Å². The number of nitrogens with one attached hydrogen (secondary N) is 1. The van der Waals surface area contributed by atoms with Crippen molar-refractivity contribution in [3.63, 3.8) is 0 Å². The van der Waals surface area contributed by atoms with Crippen LogP contribution in [-0.2, 0) is 6.42 Å². The number of fused-ring (bicyclic) bond motifs is 1. The molecule has 0 bridgehead atoms. The van der Waals surface area contributed by atoms with Gasteiger partial charge in [0, 0.05) is 12.6 Å². The van der Waals surface area contributed by atoms with Gasteiger partial charge in [0.15, 0.2) is 0 Å². The van der Waals surface area contributed by atoms with Gasteiger partial charge in [0.05, 0.1) is 0 Å². The lowest BCUT2D eigenvalue weighted by Gasteiger charge is -2.36. The van der Waals surface area contributed by atoms with Crippen molar-refractivity contribution in [2.24, 2.45) is 0 Å². The first-order valence-electron chi connectivity index (χ1n) is 8.40. The van der Waals surface area contributed by atoms with Gasteiger partial charge in [-0.15, -0.1) is 0 Å². The molecule has 0 radical (unpaired) electrons. The third kappa shape index (κ3) is 3.24. The van der Waals surface area contributed by atoms with Crippen LogP contribution in [0.2, 0.25) is 0 Å². The van der Waals surface area contributed by atoms with Gasteiger partial charge in [-0.1, -0.05) is 31.2 Å². The van der Waals surface area contributed by atoms with E-state index < -0.39 is 0 Å². The molecule has 1 atom stereocenters. The van der Waals surface area contributed by atoms with E-state index in [4.69, 9.17) is 0 Å². The lowest BCUT2D eigenvalue weighted by atomic mass is 9.82. The molecule has 1 heterocycles. The molecule has 1 saturated heterocycles. The van der Waals surface area contributed by atoms with E-state index in [0.29, 0.717) is 0 Å². The van der Waals surface area contributed by atoms with E-state index in [1.54, 1.807) is 11.1 Å². The number of aryl methyl sites for hydroxylation is 1. The van der Waals surface area contributed by atoms with E-state index in [-0.39, 0.29) is 0 Å². The second-order valence-corrected chi connectivity index (χ2v) is 6.42. The third-order valence-corrected chi connectivity index (χ3v) is 5.05. The Kier molecular flexibility index (Phi) is 4.74. The van der Waals surface area contributed by atoms with Crippen molar-refractivity contribution in [3.05, 3.63) is 35.4 Å². The smallest absolute Gasteiger partial charge is 0.00912 e. The highest BCUT2D eigenvalue weighted by Gasteiger charge is 2.24. The van der Waals surface area contributed by atoms with Gasteiger partial charge in [-0.25, -0.2) is 0 Å². The summed E-state index contributed by atoms with van der Waals surface area (Å²) in [6, 6.07) is 9.87. The minimum atomic E-state index is 0.759. The van der Waals surface area contributed by atoms with Gasteiger partial charge in [-0.2, -0.15) is 0 Å². The average molecular weight is 272 g/mol. The van der Waals surface area contributed by atoms with Crippen LogP contribution in [0.4, 0.5) is 0 Å². The molecule has 1 aliphatic heterocycles. The van der Waals surface area contributed by atoms with Crippen LogP contribution >= 0.6 is 0 Å². The van der Waals surface area contributed by atoms with Crippen LogP contribution in [0.1, 0.15) is 49.7 Å². The molecule has 3 rings (SSSR count). The minimum Gasteiger partial charge on any atom is -0.314 e. The molecule has 0 saturated carbocycles. The van der Waals surface area contributed by atoms with Gasteiger partial charge in [0.2, 0.25) is 0 Å². The topological polar surface area (TPSA) is 15.3 Å². The summed E-state index contributed by atoms with van der Waals surface area (Å²) < 4.78 is 0. The maximum Gasteiger partial charge on any atom is 0.00912 e. The van der Waals surface area contributed by atoms with E-state index in [2.05, 4.69) is 41.4 Å². The number of likely N-dealkylation sites (tertiary alicyclic amines) is 1. The quantitative estimate of drug-likeness (QED) is 0.905. The van der Waals surface area contributed by atoms with Gasteiger partial charge in [-0.3, -0.25) is 0 Å². The molecule has 1 N–H and O–H groups in total. The summed E-state index contributed by atoms with van der Waals surface area (Å²) in [6.07, 6.45) is 6.68. The monoisotopic (exact) mass is 272 g/mol. The zero-order valence-corrected chi connectivity index (χ0v) is 12.8.